The van der Waals surface area contributed by atoms with E-state index in [-0.39, 0.29) is 30.8 Å². The highest BCUT2D eigenvalue weighted by Gasteiger charge is 2.41. The van der Waals surface area contributed by atoms with Gasteiger partial charge in [0.15, 0.2) is 6.29 Å². The summed E-state index contributed by atoms with van der Waals surface area (Å²) in [4.78, 5) is 0. The van der Waals surface area contributed by atoms with Crippen molar-refractivity contribution >= 4 is 11.8 Å². The van der Waals surface area contributed by atoms with Crippen molar-refractivity contribution in [3.63, 3.8) is 0 Å². The van der Waals surface area contributed by atoms with Crippen LogP contribution in [0.4, 0.5) is 26.3 Å². The Labute approximate surface area is 209 Å². The molecular weight excluding hydrogens is 510 g/mol. The number of alkyl halides is 6. The van der Waals surface area contributed by atoms with Crippen molar-refractivity contribution in [2.24, 2.45) is 5.92 Å². The summed E-state index contributed by atoms with van der Waals surface area (Å²) in [5, 5.41) is 19.9. The Morgan fingerprint density at radius 1 is 1.03 bits per heavy atom. The predicted molar refractivity (Wildman–Crippen MR) is 123 cm³/mol. The number of hydrogen-bond donors (Lipinski definition) is 2. The van der Waals surface area contributed by atoms with E-state index in [0.29, 0.717) is 30.1 Å². The van der Waals surface area contributed by atoms with Crippen LogP contribution in [0.2, 0.25) is 0 Å². The summed E-state index contributed by atoms with van der Waals surface area (Å²) in [6.07, 6.45) is -12.4. The van der Waals surface area contributed by atoms with Gasteiger partial charge in [0.25, 0.3) is 0 Å². The lowest BCUT2D eigenvalue weighted by Gasteiger charge is -2.41. The minimum atomic E-state index is -4.97. The molecule has 2 N–H and O–H groups in total. The van der Waals surface area contributed by atoms with Gasteiger partial charge >= 0.3 is 12.4 Å². The van der Waals surface area contributed by atoms with Crippen LogP contribution < -0.4 is 0 Å². The third-order valence-corrected chi connectivity index (χ3v) is 7.16. The molecule has 1 heterocycles. The first-order valence-electron chi connectivity index (χ1n) is 11.4. The van der Waals surface area contributed by atoms with Crippen LogP contribution in [0.15, 0.2) is 48.5 Å². The second-order valence-corrected chi connectivity index (χ2v) is 9.76. The molecule has 2 aromatic carbocycles. The Bertz CT molecular complexity index is 937. The Balaban J connectivity index is 1.91. The molecule has 0 saturated carbocycles. The smallest absolute Gasteiger partial charge is 0.396 e. The van der Waals surface area contributed by atoms with Crippen molar-refractivity contribution in [3.05, 3.63) is 70.8 Å². The Morgan fingerprint density at radius 2 is 1.64 bits per heavy atom. The van der Waals surface area contributed by atoms with Gasteiger partial charge in [0.05, 0.1) is 36.5 Å². The van der Waals surface area contributed by atoms with E-state index in [2.05, 4.69) is 0 Å². The summed E-state index contributed by atoms with van der Waals surface area (Å²) < 4.78 is 91.8. The predicted octanol–water partition coefficient (Wildman–Crippen LogP) is 6.03. The standard InChI is InChI=1S/C25H28F6O4S/c1-15(17-11-18(24(26,27)28)13-19(12-17)25(29,30)31)35-23-22(16-5-3-2-4-6-16)20(7-9-34-23)21(33)14-36-10-8-32/h2-6,11-13,15,20-23,32-33H,7-10,14H2,1H3/t15-,20?,21?,22?,23-/m1/s1. The first-order chi connectivity index (χ1) is 16.9. The largest absolute Gasteiger partial charge is 0.416 e. The fourth-order valence-electron chi connectivity index (χ4n) is 4.33. The van der Waals surface area contributed by atoms with Crippen molar-refractivity contribution in [2.75, 3.05) is 24.7 Å². The van der Waals surface area contributed by atoms with Crippen LogP contribution in [-0.4, -0.2) is 47.3 Å². The number of thioether (sulfide) groups is 1. The van der Waals surface area contributed by atoms with Crippen molar-refractivity contribution in [1.82, 2.24) is 0 Å². The van der Waals surface area contributed by atoms with Gasteiger partial charge in [-0.15, -0.1) is 0 Å². The molecule has 1 aliphatic heterocycles. The summed E-state index contributed by atoms with van der Waals surface area (Å²) in [6.45, 7) is 1.54. The molecule has 0 aliphatic carbocycles. The summed E-state index contributed by atoms with van der Waals surface area (Å²) in [5.74, 6) is -0.0548. The molecular formula is C25H28F6O4S. The second kappa shape index (κ2) is 12.2. The number of aliphatic hydroxyl groups excluding tert-OH is 2. The Kier molecular flexibility index (Phi) is 9.73. The molecule has 3 unspecified atom stereocenters. The van der Waals surface area contributed by atoms with Gasteiger partial charge in [-0.1, -0.05) is 30.3 Å². The number of ether oxygens (including phenoxy) is 2. The van der Waals surface area contributed by atoms with Gasteiger partial charge in [-0.2, -0.15) is 38.1 Å². The van der Waals surface area contributed by atoms with Crippen molar-refractivity contribution in [3.8, 4) is 0 Å². The molecule has 0 radical (unpaired) electrons. The molecule has 200 valence electrons. The van der Waals surface area contributed by atoms with E-state index in [1.165, 1.54) is 18.7 Å². The average Bonchev–Trinajstić information content (AvgIpc) is 2.83. The molecule has 11 heteroatoms. The minimum Gasteiger partial charge on any atom is -0.396 e. The maximum absolute atomic E-state index is 13.3. The highest BCUT2D eigenvalue weighted by atomic mass is 32.2. The lowest BCUT2D eigenvalue weighted by molar-refractivity contribution is -0.216. The fourth-order valence-corrected chi connectivity index (χ4v) is 5.11. The minimum absolute atomic E-state index is 0.0343. The maximum Gasteiger partial charge on any atom is 0.416 e. The third kappa shape index (κ3) is 7.38. The molecule has 0 bridgehead atoms. The number of hydrogen-bond acceptors (Lipinski definition) is 5. The zero-order valence-corrected chi connectivity index (χ0v) is 20.2. The van der Waals surface area contributed by atoms with E-state index >= 15 is 0 Å². The lowest BCUT2D eigenvalue weighted by Crippen LogP contribution is -2.43. The number of aliphatic hydroxyl groups is 2. The highest BCUT2D eigenvalue weighted by molar-refractivity contribution is 7.99. The average molecular weight is 539 g/mol. The molecule has 0 spiro atoms. The SMILES string of the molecule is C[C@@H](O[C@H]1OCCC(C(O)CSCCO)C1c1ccccc1)c1cc(C(F)(F)F)cc(C(F)(F)F)c1. The third-order valence-electron chi connectivity index (χ3n) is 6.11. The molecule has 5 atom stereocenters. The second-order valence-electron chi connectivity index (χ2n) is 8.61. The van der Waals surface area contributed by atoms with E-state index in [1.54, 1.807) is 18.2 Å². The maximum atomic E-state index is 13.3. The van der Waals surface area contributed by atoms with E-state index < -0.39 is 47.9 Å². The van der Waals surface area contributed by atoms with Crippen LogP contribution >= 0.6 is 11.8 Å². The topological polar surface area (TPSA) is 58.9 Å². The van der Waals surface area contributed by atoms with E-state index in [0.717, 1.165) is 5.56 Å². The highest BCUT2D eigenvalue weighted by Crippen LogP contribution is 2.42. The Morgan fingerprint density at radius 3 is 2.19 bits per heavy atom. The van der Waals surface area contributed by atoms with Crippen LogP contribution in [0, 0.1) is 5.92 Å². The van der Waals surface area contributed by atoms with Gasteiger partial charge in [-0.3, -0.25) is 0 Å². The fraction of sp³-hybridized carbons (Fsp3) is 0.520. The van der Waals surface area contributed by atoms with E-state index in [1.807, 2.05) is 12.1 Å². The summed E-state index contributed by atoms with van der Waals surface area (Å²) in [7, 11) is 0. The first-order valence-corrected chi connectivity index (χ1v) is 12.6. The van der Waals surface area contributed by atoms with Crippen molar-refractivity contribution in [1.29, 1.82) is 0 Å². The van der Waals surface area contributed by atoms with Gasteiger partial charge in [-0.25, -0.2) is 0 Å². The summed E-state index contributed by atoms with van der Waals surface area (Å²) >= 11 is 1.38. The molecule has 1 fully saturated rings. The molecule has 3 rings (SSSR count). The van der Waals surface area contributed by atoms with E-state index in [4.69, 9.17) is 14.6 Å². The monoisotopic (exact) mass is 538 g/mol. The normalized spacial score (nSPS) is 22.9. The molecule has 0 amide bonds. The molecule has 36 heavy (non-hydrogen) atoms. The van der Waals surface area contributed by atoms with Gasteiger partial charge in [-0.05, 0) is 48.6 Å². The summed E-state index contributed by atoms with van der Waals surface area (Å²) in [5.41, 5.74) is -2.35. The van der Waals surface area contributed by atoms with Crippen molar-refractivity contribution in [2.45, 2.75) is 50.1 Å². The number of benzene rings is 2. The van der Waals surface area contributed by atoms with Crippen LogP contribution in [0.3, 0.4) is 0 Å². The van der Waals surface area contributed by atoms with Crippen LogP contribution in [0.25, 0.3) is 0 Å². The Hall–Kier alpha value is -1.79. The van der Waals surface area contributed by atoms with E-state index in [9.17, 15) is 31.4 Å². The zero-order valence-electron chi connectivity index (χ0n) is 19.4. The van der Waals surface area contributed by atoms with Crippen LogP contribution in [0.5, 0.6) is 0 Å². The summed E-state index contributed by atoms with van der Waals surface area (Å²) in [6, 6.07) is 10.4. The molecule has 2 aromatic rings. The van der Waals surface area contributed by atoms with Gasteiger partial charge in [0, 0.05) is 17.4 Å². The number of halogens is 6. The molecule has 1 saturated heterocycles. The first kappa shape index (κ1) is 28.8. The van der Waals surface area contributed by atoms with Crippen LogP contribution in [-0.2, 0) is 21.8 Å². The van der Waals surface area contributed by atoms with Gasteiger partial charge in [0.1, 0.15) is 0 Å². The molecule has 1 aliphatic rings. The molecule has 0 aromatic heterocycles. The quantitative estimate of drug-likeness (QED) is 0.302. The van der Waals surface area contributed by atoms with Crippen LogP contribution in [0.1, 0.15) is 47.6 Å². The lowest BCUT2D eigenvalue weighted by atomic mass is 9.79. The van der Waals surface area contributed by atoms with Gasteiger partial charge < -0.3 is 19.7 Å². The van der Waals surface area contributed by atoms with Gasteiger partial charge in [0.2, 0.25) is 0 Å². The number of rotatable bonds is 9. The molecule has 4 nitrogen and oxygen atoms in total. The zero-order chi connectivity index (χ0) is 26.5. The van der Waals surface area contributed by atoms with Crippen molar-refractivity contribution < 1.29 is 46.0 Å².